The molecule has 6 heteroatoms. The number of piperidine rings is 1. The summed E-state index contributed by atoms with van der Waals surface area (Å²) >= 11 is 0. The number of likely N-dealkylation sites (tertiary alicyclic amines) is 1. The number of nitrogens with zero attached hydrogens (tertiary/aromatic N) is 3. The van der Waals surface area contributed by atoms with Crippen molar-refractivity contribution < 1.29 is 4.79 Å². The molecule has 2 aromatic heterocycles. The third kappa shape index (κ3) is 2.95. The summed E-state index contributed by atoms with van der Waals surface area (Å²) < 4.78 is 1.93. The second kappa shape index (κ2) is 6.20. The summed E-state index contributed by atoms with van der Waals surface area (Å²) in [7, 11) is 0. The van der Waals surface area contributed by atoms with E-state index in [9.17, 15) is 9.59 Å². The van der Waals surface area contributed by atoms with Gasteiger partial charge in [-0.25, -0.2) is 0 Å². The first kappa shape index (κ1) is 15.6. The number of rotatable bonds is 2. The molecule has 25 heavy (non-hydrogen) atoms. The highest BCUT2D eigenvalue weighted by Gasteiger charge is 2.27. The van der Waals surface area contributed by atoms with Crippen LogP contribution < -0.4 is 5.56 Å². The van der Waals surface area contributed by atoms with Gasteiger partial charge in [-0.3, -0.25) is 14.3 Å². The minimum atomic E-state index is -0.333. The number of carbonyl (C=O) groups is 1. The van der Waals surface area contributed by atoms with Crippen LogP contribution in [0.4, 0.5) is 0 Å². The largest absolute Gasteiger partial charge is 0.336 e. The Kier molecular flexibility index (Phi) is 3.87. The molecule has 3 aromatic rings. The molecule has 1 saturated heterocycles. The number of benzene rings is 1. The lowest BCUT2D eigenvalue weighted by Gasteiger charge is -2.32. The number of para-hydroxylation sites is 1. The minimum Gasteiger partial charge on any atom is -0.336 e. The fraction of sp³-hybridized carbons (Fsp3) is 0.316. The molecule has 1 aromatic carbocycles. The topological polar surface area (TPSA) is 71.0 Å². The van der Waals surface area contributed by atoms with Gasteiger partial charge in [0.1, 0.15) is 5.56 Å². The van der Waals surface area contributed by atoms with Gasteiger partial charge in [0.15, 0.2) is 0 Å². The van der Waals surface area contributed by atoms with Gasteiger partial charge < -0.3 is 9.88 Å². The van der Waals surface area contributed by atoms with Crippen molar-refractivity contribution in [1.82, 2.24) is 19.7 Å². The number of aryl methyl sites for hydroxylation is 1. The van der Waals surface area contributed by atoms with Crippen molar-refractivity contribution in [3.05, 3.63) is 64.2 Å². The average molecular weight is 336 g/mol. The van der Waals surface area contributed by atoms with Gasteiger partial charge in [-0.05, 0) is 42.8 Å². The fourth-order valence-corrected chi connectivity index (χ4v) is 3.46. The molecule has 0 bridgehead atoms. The molecule has 1 atom stereocenters. The zero-order valence-corrected chi connectivity index (χ0v) is 14.1. The molecular formula is C19H20N4O2. The lowest BCUT2D eigenvalue weighted by Crippen LogP contribution is -2.42. The fourth-order valence-electron chi connectivity index (χ4n) is 3.46. The average Bonchev–Trinajstić information content (AvgIpc) is 3.07. The van der Waals surface area contributed by atoms with Crippen LogP contribution in [0.25, 0.3) is 10.9 Å². The van der Waals surface area contributed by atoms with Crippen LogP contribution in [0.1, 0.15) is 34.8 Å². The van der Waals surface area contributed by atoms with Crippen molar-refractivity contribution in [3.8, 4) is 0 Å². The first-order valence-electron chi connectivity index (χ1n) is 8.54. The summed E-state index contributed by atoms with van der Waals surface area (Å²) in [5.41, 5.74) is 1.72. The van der Waals surface area contributed by atoms with E-state index in [1.807, 2.05) is 48.3 Å². The van der Waals surface area contributed by atoms with Gasteiger partial charge in [-0.2, -0.15) is 5.10 Å². The lowest BCUT2D eigenvalue weighted by atomic mass is 10.0. The molecule has 1 aliphatic rings. The molecule has 0 aliphatic carbocycles. The number of hydrogen-bond donors (Lipinski definition) is 1. The number of carbonyl (C=O) groups excluding carboxylic acids is 1. The maximum atomic E-state index is 12.9. The van der Waals surface area contributed by atoms with Crippen LogP contribution in [-0.4, -0.2) is 38.7 Å². The minimum absolute atomic E-state index is 0.158. The maximum Gasteiger partial charge on any atom is 0.261 e. The number of fused-ring (bicyclic) bond motifs is 1. The monoisotopic (exact) mass is 336 g/mol. The third-order valence-electron chi connectivity index (χ3n) is 4.77. The van der Waals surface area contributed by atoms with E-state index in [1.165, 1.54) is 0 Å². The van der Waals surface area contributed by atoms with E-state index in [-0.39, 0.29) is 23.1 Å². The highest BCUT2D eigenvalue weighted by molar-refractivity contribution is 5.97. The van der Waals surface area contributed by atoms with Crippen LogP contribution >= 0.6 is 0 Å². The van der Waals surface area contributed by atoms with Crippen LogP contribution in [0.5, 0.6) is 0 Å². The number of aromatic amines is 1. The summed E-state index contributed by atoms with van der Waals surface area (Å²) in [5, 5.41) is 5.24. The van der Waals surface area contributed by atoms with E-state index in [2.05, 4.69) is 10.1 Å². The zero-order chi connectivity index (χ0) is 17.4. The Bertz CT molecular complexity index is 988. The van der Waals surface area contributed by atoms with Crippen LogP contribution in [0.3, 0.4) is 0 Å². The first-order valence-corrected chi connectivity index (χ1v) is 8.54. The molecule has 0 radical (unpaired) electrons. The summed E-state index contributed by atoms with van der Waals surface area (Å²) in [6.45, 7) is 3.25. The molecule has 4 rings (SSSR count). The number of nitrogens with one attached hydrogen (secondary N) is 1. The Morgan fingerprint density at radius 2 is 2.16 bits per heavy atom. The van der Waals surface area contributed by atoms with Crippen LogP contribution in [-0.2, 0) is 0 Å². The zero-order valence-electron chi connectivity index (χ0n) is 14.1. The molecule has 128 valence electrons. The Hall–Kier alpha value is -2.89. The number of amides is 1. The quantitative estimate of drug-likeness (QED) is 0.782. The van der Waals surface area contributed by atoms with E-state index in [0.29, 0.717) is 13.1 Å². The van der Waals surface area contributed by atoms with E-state index in [1.54, 1.807) is 11.0 Å². The Balaban J connectivity index is 1.62. The van der Waals surface area contributed by atoms with Gasteiger partial charge >= 0.3 is 0 Å². The van der Waals surface area contributed by atoms with Gasteiger partial charge in [-0.1, -0.05) is 18.2 Å². The van der Waals surface area contributed by atoms with E-state index < -0.39 is 0 Å². The maximum absolute atomic E-state index is 12.9. The first-order chi connectivity index (χ1) is 12.1. The van der Waals surface area contributed by atoms with Crippen molar-refractivity contribution in [2.45, 2.75) is 25.8 Å². The van der Waals surface area contributed by atoms with E-state index in [4.69, 9.17) is 0 Å². The molecule has 6 nitrogen and oxygen atoms in total. The molecule has 1 N–H and O–H groups in total. The molecule has 1 amide bonds. The number of aromatic nitrogens is 3. The molecule has 0 saturated carbocycles. The van der Waals surface area contributed by atoms with Crippen LogP contribution in [0, 0.1) is 6.92 Å². The third-order valence-corrected chi connectivity index (χ3v) is 4.77. The Morgan fingerprint density at radius 3 is 2.96 bits per heavy atom. The summed E-state index contributed by atoms with van der Waals surface area (Å²) in [4.78, 5) is 29.8. The Labute approximate surface area is 145 Å². The van der Waals surface area contributed by atoms with Crippen molar-refractivity contribution in [1.29, 1.82) is 0 Å². The van der Waals surface area contributed by atoms with Gasteiger partial charge in [-0.15, -0.1) is 0 Å². The summed E-state index contributed by atoms with van der Waals surface area (Å²) in [6.07, 6.45) is 5.72. The second-order valence-electron chi connectivity index (χ2n) is 6.64. The number of H-pyrrole nitrogens is 1. The molecule has 0 unspecified atom stereocenters. The predicted octanol–water partition coefficient (Wildman–Crippen LogP) is 2.51. The van der Waals surface area contributed by atoms with Crippen molar-refractivity contribution in [2.24, 2.45) is 0 Å². The van der Waals surface area contributed by atoms with Crippen molar-refractivity contribution in [2.75, 3.05) is 13.1 Å². The summed E-state index contributed by atoms with van der Waals surface area (Å²) in [5.74, 6) is -0.208. The van der Waals surface area contributed by atoms with Crippen LogP contribution in [0.15, 0.2) is 47.5 Å². The number of hydrogen-bond acceptors (Lipinski definition) is 3. The number of pyridine rings is 1. The molecule has 0 spiro atoms. The SMILES string of the molecule is Cc1cnn([C@H]2CCCN(C(=O)c3cc4ccccc4[nH]c3=O)C2)c1. The Morgan fingerprint density at radius 1 is 1.32 bits per heavy atom. The van der Waals surface area contributed by atoms with Crippen molar-refractivity contribution >= 4 is 16.8 Å². The van der Waals surface area contributed by atoms with E-state index >= 15 is 0 Å². The smallest absolute Gasteiger partial charge is 0.261 e. The predicted molar refractivity (Wildman–Crippen MR) is 95.7 cm³/mol. The molecule has 3 heterocycles. The van der Waals surface area contributed by atoms with Crippen LogP contribution in [0.2, 0.25) is 0 Å². The van der Waals surface area contributed by atoms with Gasteiger partial charge in [0.25, 0.3) is 11.5 Å². The highest BCUT2D eigenvalue weighted by atomic mass is 16.2. The van der Waals surface area contributed by atoms with E-state index in [0.717, 1.165) is 29.3 Å². The lowest BCUT2D eigenvalue weighted by molar-refractivity contribution is 0.0671. The second-order valence-corrected chi connectivity index (χ2v) is 6.64. The molecule has 1 fully saturated rings. The van der Waals surface area contributed by atoms with Crippen molar-refractivity contribution in [3.63, 3.8) is 0 Å². The summed E-state index contributed by atoms with van der Waals surface area (Å²) in [6, 6.07) is 9.34. The molecule has 1 aliphatic heterocycles. The van der Waals surface area contributed by atoms with Gasteiger partial charge in [0.05, 0.1) is 12.2 Å². The normalized spacial score (nSPS) is 17.8. The standard InChI is InChI=1S/C19H20N4O2/c1-13-10-20-23(11-13)15-6-4-8-22(12-15)19(25)16-9-14-5-2-3-7-17(14)21-18(16)24/h2-3,5,7,9-11,15H,4,6,8,12H2,1H3,(H,21,24)/t15-/m0/s1. The van der Waals surface area contributed by atoms with Gasteiger partial charge in [0, 0.05) is 24.8 Å². The molecular weight excluding hydrogens is 316 g/mol. The van der Waals surface area contributed by atoms with Gasteiger partial charge in [0.2, 0.25) is 0 Å². The highest BCUT2D eigenvalue weighted by Crippen LogP contribution is 2.22.